The Morgan fingerprint density at radius 3 is 2.60 bits per heavy atom. The smallest absolute Gasteiger partial charge is 0.168 e. The summed E-state index contributed by atoms with van der Waals surface area (Å²) in [5.41, 5.74) is 1.73. The third kappa shape index (κ3) is 3.46. The molecule has 0 aliphatic carbocycles. The second-order valence-electron chi connectivity index (χ2n) is 6.26. The zero-order valence-electron chi connectivity index (χ0n) is 14.7. The highest BCUT2D eigenvalue weighted by Gasteiger charge is 2.26. The lowest BCUT2D eigenvalue weighted by atomic mass is 9.79. The Bertz CT molecular complexity index is 813. The van der Waals surface area contributed by atoms with Crippen LogP contribution in [-0.4, -0.2) is 43.0 Å². The summed E-state index contributed by atoms with van der Waals surface area (Å²) in [6, 6.07) is 3.78. The van der Waals surface area contributed by atoms with Gasteiger partial charge in [0.05, 0.1) is 17.3 Å². The Morgan fingerprint density at radius 2 is 1.92 bits per heavy atom. The van der Waals surface area contributed by atoms with Crippen molar-refractivity contribution in [2.45, 2.75) is 33.1 Å². The van der Waals surface area contributed by atoms with Gasteiger partial charge in [-0.25, -0.2) is 14.6 Å². The highest BCUT2D eigenvalue weighted by Crippen LogP contribution is 2.31. The summed E-state index contributed by atoms with van der Waals surface area (Å²) in [5.74, 6) is 0.773. The van der Waals surface area contributed by atoms with Gasteiger partial charge < -0.3 is 10.4 Å². The number of pyridine rings is 1. The van der Waals surface area contributed by atoms with Crippen LogP contribution in [-0.2, 0) is 0 Å². The Labute approximate surface area is 147 Å². The second kappa shape index (κ2) is 7.57. The molecular weight excluding hydrogens is 316 g/mol. The van der Waals surface area contributed by atoms with Gasteiger partial charge in [-0.1, -0.05) is 13.8 Å². The number of nitrogens with zero attached hydrogens (tertiary/aromatic N) is 5. The van der Waals surface area contributed by atoms with Gasteiger partial charge >= 0.3 is 0 Å². The molecule has 0 spiro atoms. The van der Waals surface area contributed by atoms with E-state index in [1.54, 1.807) is 29.6 Å². The van der Waals surface area contributed by atoms with E-state index in [9.17, 15) is 5.11 Å². The first-order chi connectivity index (χ1) is 12.2. The fourth-order valence-corrected chi connectivity index (χ4v) is 3.11. The Morgan fingerprint density at radius 1 is 1.16 bits per heavy atom. The summed E-state index contributed by atoms with van der Waals surface area (Å²) in [4.78, 5) is 12.8. The minimum Gasteiger partial charge on any atom is -0.396 e. The van der Waals surface area contributed by atoms with E-state index in [2.05, 4.69) is 39.2 Å². The highest BCUT2D eigenvalue weighted by atomic mass is 16.3. The molecule has 0 radical (unpaired) electrons. The molecule has 0 amide bonds. The van der Waals surface area contributed by atoms with Crippen molar-refractivity contribution >= 4 is 16.9 Å². The van der Waals surface area contributed by atoms with Crippen LogP contribution < -0.4 is 5.32 Å². The summed E-state index contributed by atoms with van der Waals surface area (Å²) in [7, 11) is 0. The average molecular weight is 340 g/mol. The molecule has 0 saturated carbocycles. The summed E-state index contributed by atoms with van der Waals surface area (Å²) in [6.45, 7) is 5.28. The van der Waals surface area contributed by atoms with Crippen molar-refractivity contribution < 1.29 is 5.11 Å². The normalized spacial score (nSPS) is 11.8. The second-order valence-corrected chi connectivity index (χ2v) is 6.26. The van der Waals surface area contributed by atoms with E-state index in [4.69, 9.17) is 0 Å². The third-order valence-corrected chi connectivity index (χ3v) is 5.05. The van der Waals surface area contributed by atoms with Crippen LogP contribution in [0.3, 0.4) is 0 Å². The largest absolute Gasteiger partial charge is 0.396 e. The van der Waals surface area contributed by atoms with Crippen molar-refractivity contribution in [3.63, 3.8) is 0 Å². The maximum absolute atomic E-state index is 9.39. The van der Waals surface area contributed by atoms with Gasteiger partial charge in [-0.2, -0.15) is 5.10 Å². The number of nitrogens with one attached hydrogen (secondary N) is 1. The molecule has 0 atom stereocenters. The molecule has 3 aromatic rings. The van der Waals surface area contributed by atoms with Gasteiger partial charge in [-0.3, -0.25) is 4.98 Å². The van der Waals surface area contributed by atoms with Crippen molar-refractivity contribution in [2.75, 3.05) is 18.5 Å². The van der Waals surface area contributed by atoms with E-state index in [-0.39, 0.29) is 12.0 Å². The molecule has 3 rings (SSSR count). The molecule has 132 valence electrons. The zero-order valence-corrected chi connectivity index (χ0v) is 14.7. The van der Waals surface area contributed by atoms with E-state index in [1.807, 2.05) is 12.1 Å². The number of aliphatic hydroxyl groups excluding tert-OH is 1. The van der Waals surface area contributed by atoms with Crippen LogP contribution >= 0.6 is 0 Å². The standard InChI is InChI=1S/C18H24N6O/c1-3-18(4-2,7-10-25)12-20-16-15-11-23-24(17(15)22-13-21-16)14-5-8-19-9-6-14/h5-6,8-9,11,13,25H,3-4,7,10,12H2,1-2H3,(H,20,21,22). The molecule has 25 heavy (non-hydrogen) atoms. The van der Waals surface area contributed by atoms with E-state index in [1.165, 1.54) is 0 Å². The topological polar surface area (TPSA) is 88.8 Å². The zero-order chi connectivity index (χ0) is 17.7. The first-order valence-electron chi connectivity index (χ1n) is 8.67. The van der Waals surface area contributed by atoms with Crippen molar-refractivity contribution in [3.05, 3.63) is 37.1 Å². The van der Waals surface area contributed by atoms with Crippen LogP contribution in [0.1, 0.15) is 33.1 Å². The maximum atomic E-state index is 9.39. The third-order valence-electron chi connectivity index (χ3n) is 5.05. The van der Waals surface area contributed by atoms with Crippen molar-refractivity contribution in [1.82, 2.24) is 24.7 Å². The molecule has 7 nitrogen and oxygen atoms in total. The lowest BCUT2D eigenvalue weighted by molar-refractivity contribution is 0.179. The van der Waals surface area contributed by atoms with Crippen LogP contribution in [0, 0.1) is 5.41 Å². The van der Waals surface area contributed by atoms with Gasteiger partial charge in [0, 0.05) is 25.5 Å². The first-order valence-corrected chi connectivity index (χ1v) is 8.67. The monoisotopic (exact) mass is 340 g/mol. The number of aromatic nitrogens is 5. The Kier molecular flexibility index (Phi) is 5.23. The van der Waals surface area contributed by atoms with Gasteiger partial charge in [0.2, 0.25) is 0 Å². The number of anilines is 1. The fraction of sp³-hybridized carbons (Fsp3) is 0.444. The summed E-state index contributed by atoms with van der Waals surface area (Å²) < 4.78 is 1.78. The Hall–Kier alpha value is -2.54. The molecule has 2 N–H and O–H groups in total. The van der Waals surface area contributed by atoms with Crippen LogP contribution in [0.25, 0.3) is 16.7 Å². The molecule has 7 heteroatoms. The fourth-order valence-electron chi connectivity index (χ4n) is 3.11. The van der Waals surface area contributed by atoms with Crippen molar-refractivity contribution in [3.8, 4) is 5.69 Å². The van der Waals surface area contributed by atoms with Gasteiger partial charge in [0.25, 0.3) is 0 Å². The molecule has 0 fully saturated rings. The Balaban J connectivity index is 1.90. The molecule has 0 bridgehead atoms. The lowest BCUT2D eigenvalue weighted by Gasteiger charge is -2.31. The van der Waals surface area contributed by atoms with Crippen molar-refractivity contribution in [1.29, 1.82) is 0 Å². The van der Waals surface area contributed by atoms with Crippen LogP contribution in [0.5, 0.6) is 0 Å². The summed E-state index contributed by atoms with van der Waals surface area (Å²) in [5, 5.41) is 18.2. The first kappa shape index (κ1) is 17.3. The molecular formula is C18H24N6O. The van der Waals surface area contributed by atoms with Gasteiger partial charge in [-0.05, 0) is 36.8 Å². The molecule has 3 heterocycles. The number of hydrogen-bond donors (Lipinski definition) is 2. The molecule has 0 saturated heterocycles. The SMILES string of the molecule is CCC(CC)(CCO)CNc1ncnc2c1cnn2-c1ccncc1. The average Bonchev–Trinajstić information content (AvgIpc) is 3.11. The van der Waals surface area contributed by atoms with E-state index < -0.39 is 0 Å². The van der Waals surface area contributed by atoms with Crippen LogP contribution in [0.15, 0.2) is 37.1 Å². The molecule has 0 aliphatic heterocycles. The molecule has 0 unspecified atom stereocenters. The van der Waals surface area contributed by atoms with E-state index >= 15 is 0 Å². The lowest BCUT2D eigenvalue weighted by Crippen LogP contribution is -2.30. The maximum Gasteiger partial charge on any atom is 0.168 e. The predicted octanol–water partition coefficient (Wildman–Crippen LogP) is 2.81. The summed E-state index contributed by atoms with van der Waals surface area (Å²) >= 11 is 0. The van der Waals surface area contributed by atoms with Crippen LogP contribution in [0.4, 0.5) is 5.82 Å². The molecule has 0 aromatic carbocycles. The number of fused-ring (bicyclic) bond motifs is 1. The predicted molar refractivity (Wildman–Crippen MR) is 97.7 cm³/mol. The molecule has 0 aliphatic rings. The van der Waals surface area contributed by atoms with Crippen molar-refractivity contribution in [2.24, 2.45) is 5.41 Å². The van der Waals surface area contributed by atoms with Gasteiger partial charge in [0.15, 0.2) is 5.65 Å². The van der Waals surface area contributed by atoms with E-state index in [0.717, 1.165) is 48.3 Å². The quantitative estimate of drug-likeness (QED) is 0.655. The number of aliphatic hydroxyl groups is 1. The number of hydrogen-bond acceptors (Lipinski definition) is 6. The summed E-state index contributed by atoms with van der Waals surface area (Å²) in [6.07, 6.45) is 9.57. The van der Waals surface area contributed by atoms with Gasteiger partial charge in [0.1, 0.15) is 12.1 Å². The minimum absolute atomic E-state index is 0.0626. The molecule has 3 aromatic heterocycles. The minimum atomic E-state index is 0.0626. The highest BCUT2D eigenvalue weighted by molar-refractivity contribution is 5.87. The number of rotatable bonds is 8. The van der Waals surface area contributed by atoms with Crippen LogP contribution in [0.2, 0.25) is 0 Å². The van der Waals surface area contributed by atoms with E-state index in [0.29, 0.717) is 0 Å². The van der Waals surface area contributed by atoms with Gasteiger partial charge in [-0.15, -0.1) is 0 Å².